The summed E-state index contributed by atoms with van der Waals surface area (Å²) >= 11 is 0. The molecule has 10 heteroatoms. The van der Waals surface area contributed by atoms with Crippen LogP contribution in [0.5, 0.6) is 5.75 Å². The second-order valence-electron chi connectivity index (χ2n) is 8.03. The summed E-state index contributed by atoms with van der Waals surface area (Å²) in [5.41, 5.74) is 3.39. The minimum atomic E-state index is -0.213. The van der Waals surface area contributed by atoms with E-state index < -0.39 is 0 Å². The number of benzene rings is 2. The van der Waals surface area contributed by atoms with Crippen LogP contribution in [0.2, 0.25) is 0 Å². The van der Waals surface area contributed by atoms with Crippen LogP contribution in [0, 0.1) is 0 Å². The molecule has 0 spiro atoms. The van der Waals surface area contributed by atoms with E-state index in [2.05, 4.69) is 32.3 Å². The third kappa shape index (κ3) is 4.61. The maximum absolute atomic E-state index is 12.3. The van der Waals surface area contributed by atoms with Gasteiger partial charge in [-0.25, -0.2) is 4.98 Å². The molecule has 184 valence electrons. The molecule has 5 rings (SSSR count). The summed E-state index contributed by atoms with van der Waals surface area (Å²) in [6.45, 7) is 5.86. The zero-order valence-corrected chi connectivity index (χ0v) is 19.3. The molecule has 0 saturated carbocycles. The van der Waals surface area contributed by atoms with Crippen molar-refractivity contribution in [2.75, 3.05) is 28.7 Å². The lowest BCUT2D eigenvalue weighted by Gasteiger charge is -2.29. The Labute approximate surface area is 208 Å². The molecule has 0 radical (unpaired) electrons. The number of ether oxygens (including phenoxy) is 1. The number of amides is 1. The SMILES string of the molecule is C.C=CC(=O)N1CCOc2ccc(Nc3nc(Nc4ccc5c(cnn5C)c4)ncc3C(C)=O)cc21. The van der Waals surface area contributed by atoms with E-state index in [1.54, 1.807) is 34.0 Å². The van der Waals surface area contributed by atoms with Gasteiger partial charge < -0.3 is 20.3 Å². The van der Waals surface area contributed by atoms with Gasteiger partial charge in [0.2, 0.25) is 5.95 Å². The maximum atomic E-state index is 12.3. The van der Waals surface area contributed by atoms with Gasteiger partial charge in [0.15, 0.2) is 5.78 Å². The average Bonchev–Trinajstić information content (AvgIpc) is 3.23. The van der Waals surface area contributed by atoms with Crippen molar-refractivity contribution in [2.45, 2.75) is 14.4 Å². The number of ketones is 1. The first-order valence-electron chi connectivity index (χ1n) is 11.0. The number of carbonyl (C=O) groups excluding carboxylic acids is 2. The second-order valence-corrected chi connectivity index (χ2v) is 8.03. The fraction of sp³-hybridized carbons (Fsp3) is 0.192. The van der Waals surface area contributed by atoms with Crippen LogP contribution in [-0.2, 0) is 11.8 Å². The molecule has 0 unspecified atom stereocenters. The number of aryl methyl sites for hydroxylation is 1. The number of nitrogens with zero attached hydrogens (tertiary/aromatic N) is 5. The van der Waals surface area contributed by atoms with Crippen molar-refractivity contribution in [3.05, 3.63) is 67.0 Å². The van der Waals surface area contributed by atoms with E-state index in [-0.39, 0.29) is 19.1 Å². The Balaban J connectivity index is 0.00000304. The van der Waals surface area contributed by atoms with Crippen molar-refractivity contribution >= 4 is 51.4 Å². The van der Waals surface area contributed by atoms with Crippen LogP contribution in [0.25, 0.3) is 10.9 Å². The zero-order chi connectivity index (χ0) is 24.5. The first-order valence-corrected chi connectivity index (χ1v) is 11.0. The molecule has 2 N–H and O–H groups in total. The summed E-state index contributed by atoms with van der Waals surface area (Å²) in [6, 6.07) is 11.2. The van der Waals surface area contributed by atoms with Gasteiger partial charge in [-0.2, -0.15) is 10.1 Å². The molecular weight excluding hydrogens is 458 g/mol. The molecule has 0 saturated heterocycles. The van der Waals surface area contributed by atoms with E-state index in [1.807, 2.05) is 25.2 Å². The molecule has 0 bridgehead atoms. The lowest BCUT2D eigenvalue weighted by molar-refractivity contribution is -0.114. The molecule has 1 amide bonds. The van der Waals surface area contributed by atoms with E-state index in [0.717, 1.165) is 16.6 Å². The van der Waals surface area contributed by atoms with Crippen molar-refractivity contribution in [1.29, 1.82) is 0 Å². The smallest absolute Gasteiger partial charge is 0.250 e. The molecule has 36 heavy (non-hydrogen) atoms. The molecule has 1 aliphatic rings. The van der Waals surface area contributed by atoms with E-state index >= 15 is 0 Å². The van der Waals surface area contributed by atoms with Crippen molar-refractivity contribution in [2.24, 2.45) is 7.05 Å². The van der Waals surface area contributed by atoms with Crippen molar-refractivity contribution in [1.82, 2.24) is 19.7 Å². The molecule has 0 atom stereocenters. The van der Waals surface area contributed by atoms with Crippen LogP contribution in [0.4, 0.5) is 28.8 Å². The number of hydrogen-bond donors (Lipinski definition) is 2. The molecule has 3 heterocycles. The zero-order valence-electron chi connectivity index (χ0n) is 19.3. The number of nitrogens with one attached hydrogen (secondary N) is 2. The third-order valence-electron chi connectivity index (χ3n) is 5.70. The van der Waals surface area contributed by atoms with E-state index in [4.69, 9.17) is 4.74 Å². The average molecular weight is 486 g/mol. The van der Waals surface area contributed by atoms with Crippen LogP contribution in [0.1, 0.15) is 24.7 Å². The largest absolute Gasteiger partial charge is 0.490 e. The van der Waals surface area contributed by atoms with Gasteiger partial charge in [-0.1, -0.05) is 14.0 Å². The summed E-state index contributed by atoms with van der Waals surface area (Å²) in [5.74, 6) is 0.872. The Morgan fingerprint density at radius 1 is 1.11 bits per heavy atom. The lowest BCUT2D eigenvalue weighted by atomic mass is 10.2. The Bertz CT molecular complexity index is 1480. The van der Waals surface area contributed by atoms with Gasteiger partial charge in [0.25, 0.3) is 5.91 Å². The molecule has 0 aliphatic carbocycles. The lowest BCUT2D eigenvalue weighted by Crippen LogP contribution is -2.36. The summed E-state index contributed by atoms with van der Waals surface area (Å²) in [4.78, 5) is 35.0. The second kappa shape index (κ2) is 9.87. The predicted molar refractivity (Wildman–Crippen MR) is 141 cm³/mol. The molecule has 1 aliphatic heterocycles. The predicted octanol–water partition coefficient (Wildman–Crippen LogP) is 4.60. The van der Waals surface area contributed by atoms with Gasteiger partial charge in [-0.15, -0.1) is 0 Å². The Kier molecular flexibility index (Phi) is 6.69. The van der Waals surface area contributed by atoms with Crippen LogP contribution < -0.4 is 20.3 Å². The summed E-state index contributed by atoms with van der Waals surface area (Å²) in [6.07, 6.45) is 4.54. The first-order chi connectivity index (χ1) is 16.9. The number of aromatic nitrogens is 4. The van der Waals surface area contributed by atoms with Gasteiger partial charge in [-0.3, -0.25) is 14.3 Å². The standard InChI is InChI=1S/C25H23N7O3.CH4/c1-4-23(34)32-9-10-35-22-8-6-18(12-21(22)32)28-24-19(15(2)33)14-26-25(30-24)29-17-5-7-20-16(11-17)13-27-31(20)3;/h4-8,11-14H,1,9-10H2,2-3H3,(H2,26,28,29,30);1H4. The normalized spacial score (nSPS) is 12.2. The fourth-order valence-electron chi connectivity index (χ4n) is 3.94. The van der Waals surface area contributed by atoms with E-state index in [0.29, 0.717) is 47.6 Å². The monoisotopic (exact) mass is 485 g/mol. The van der Waals surface area contributed by atoms with Gasteiger partial charge in [-0.05, 0) is 49.4 Å². The van der Waals surface area contributed by atoms with Crippen molar-refractivity contribution in [3.63, 3.8) is 0 Å². The van der Waals surface area contributed by atoms with Crippen molar-refractivity contribution in [3.8, 4) is 5.75 Å². The van der Waals surface area contributed by atoms with Gasteiger partial charge >= 0.3 is 0 Å². The minimum Gasteiger partial charge on any atom is -0.490 e. The highest BCUT2D eigenvalue weighted by atomic mass is 16.5. The third-order valence-corrected chi connectivity index (χ3v) is 5.70. The maximum Gasteiger partial charge on any atom is 0.250 e. The van der Waals surface area contributed by atoms with Crippen LogP contribution in [0.3, 0.4) is 0 Å². The number of Topliss-reactive ketones (excluding diaryl/α,β-unsaturated/α-hetero) is 1. The molecule has 2 aromatic carbocycles. The summed E-state index contributed by atoms with van der Waals surface area (Å²) in [5, 5.41) is 11.6. The Hall–Kier alpha value is -4.73. The van der Waals surface area contributed by atoms with E-state index in [1.165, 1.54) is 19.2 Å². The minimum absolute atomic E-state index is 0. The highest BCUT2D eigenvalue weighted by Crippen LogP contribution is 2.35. The van der Waals surface area contributed by atoms with Crippen LogP contribution in [-0.4, -0.2) is 44.6 Å². The number of carbonyl (C=O) groups is 2. The Morgan fingerprint density at radius 2 is 1.89 bits per heavy atom. The summed E-state index contributed by atoms with van der Waals surface area (Å²) < 4.78 is 7.48. The Morgan fingerprint density at radius 3 is 2.67 bits per heavy atom. The molecule has 2 aromatic heterocycles. The highest BCUT2D eigenvalue weighted by molar-refractivity contribution is 6.03. The number of rotatable bonds is 6. The quantitative estimate of drug-likeness (QED) is 0.301. The van der Waals surface area contributed by atoms with Crippen LogP contribution >= 0.6 is 0 Å². The fourth-order valence-corrected chi connectivity index (χ4v) is 3.94. The molecule has 10 nitrogen and oxygen atoms in total. The molecule has 4 aromatic rings. The number of anilines is 5. The topological polar surface area (TPSA) is 114 Å². The summed E-state index contributed by atoms with van der Waals surface area (Å²) in [7, 11) is 1.89. The molecular formula is C26H27N7O3. The highest BCUT2D eigenvalue weighted by Gasteiger charge is 2.23. The van der Waals surface area contributed by atoms with Gasteiger partial charge in [0.1, 0.15) is 18.2 Å². The van der Waals surface area contributed by atoms with Gasteiger partial charge in [0, 0.05) is 30.0 Å². The molecule has 0 fully saturated rings. The van der Waals surface area contributed by atoms with Gasteiger partial charge in [0.05, 0.1) is 29.5 Å². The first kappa shape index (κ1) is 24.4. The number of fused-ring (bicyclic) bond motifs is 2. The van der Waals surface area contributed by atoms with Crippen molar-refractivity contribution < 1.29 is 14.3 Å². The van der Waals surface area contributed by atoms with Crippen LogP contribution in [0.15, 0.2) is 61.4 Å². The van der Waals surface area contributed by atoms with E-state index in [9.17, 15) is 9.59 Å². The number of hydrogen-bond acceptors (Lipinski definition) is 8.